The van der Waals surface area contributed by atoms with Crippen molar-refractivity contribution in [3.8, 4) is 11.3 Å². The Morgan fingerprint density at radius 2 is 2.00 bits per heavy atom. The maximum absolute atomic E-state index is 12.2. The summed E-state index contributed by atoms with van der Waals surface area (Å²) in [6.45, 7) is 0.578. The average Bonchev–Trinajstić information content (AvgIpc) is 3.04. The zero-order valence-electron chi connectivity index (χ0n) is 14.0. The van der Waals surface area contributed by atoms with Gasteiger partial charge in [-0.3, -0.25) is 9.88 Å². The molecule has 2 aromatic heterocycles. The van der Waals surface area contributed by atoms with Crippen molar-refractivity contribution in [1.82, 2.24) is 14.8 Å². The summed E-state index contributed by atoms with van der Waals surface area (Å²) in [6, 6.07) is 14.1. The molecule has 0 N–H and O–H groups in total. The Hall–Kier alpha value is -2.16. The van der Waals surface area contributed by atoms with Crippen LogP contribution in [-0.4, -0.2) is 37.4 Å². The number of fused-ring (bicyclic) bond motifs is 1. The third-order valence-electron chi connectivity index (χ3n) is 4.13. The van der Waals surface area contributed by atoms with Crippen LogP contribution in [0.15, 0.2) is 64.3 Å². The van der Waals surface area contributed by atoms with Crippen LogP contribution in [-0.2, 0) is 17.7 Å². The molecular formula is C18H16BrN5OS. The highest BCUT2D eigenvalue weighted by atomic mass is 79.9. The summed E-state index contributed by atoms with van der Waals surface area (Å²) in [5, 5.41) is 4.27. The van der Waals surface area contributed by atoms with Gasteiger partial charge in [0, 0.05) is 11.8 Å². The molecule has 3 heterocycles. The highest BCUT2D eigenvalue weighted by Crippen LogP contribution is 2.32. The van der Waals surface area contributed by atoms with E-state index in [-0.39, 0.29) is 0 Å². The van der Waals surface area contributed by atoms with Crippen molar-refractivity contribution < 1.29 is 4.55 Å². The van der Waals surface area contributed by atoms with Gasteiger partial charge in [0.1, 0.15) is 6.34 Å². The highest BCUT2D eigenvalue weighted by Gasteiger charge is 2.33. The monoisotopic (exact) mass is 429 g/mol. The molecule has 1 aliphatic rings. The van der Waals surface area contributed by atoms with Crippen molar-refractivity contribution in [2.24, 2.45) is 4.99 Å². The van der Waals surface area contributed by atoms with E-state index >= 15 is 0 Å². The number of nitrogens with zero attached hydrogens (tertiary/aromatic N) is 5. The maximum atomic E-state index is 12.2. The molecular weight excluding hydrogens is 414 g/mol. The fourth-order valence-corrected chi connectivity index (χ4v) is 4.18. The van der Waals surface area contributed by atoms with Crippen LogP contribution in [0.25, 0.3) is 11.3 Å². The summed E-state index contributed by atoms with van der Waals surface area (Å²) < 4.78 is 14.7. The van der Waals surface area contributed by atoms with Gasteiger partial charge in [-0.1, -0.05) is 30.3 Å². The van der Waals surface area contributed by atoms with Gasteiger partial charge in [-0.25, -0.2) is 4.68 Å². The number of rotatable bonds is 4. The van der Waals surface area contributed by atoms with E-state index in [4.69, 9.17) is 0 Å². The Morgan fingerprint density at radius 1 is 1.19 bits per heavy atom. The minimum atomic E-state index is -1.13. The van der Waals surface area contributed by atoms with Crippen molar-refractivity contribution in [2.45, 2.75) is 12.0 Å². The van der Waals surface area contributed by atoms with Crippen molar-refractivity contribution in [3.05, 3.63) is 64.9 Å². The molecule has 4 rings (SSSR count). The standard InChI is InChI=1S/C18H16BrN5OS/c1-26(25)18-21-12-24-17(15(19)10-22-24)23(18)11-13-5-7-14(8-6-13)16-4-2-3-9-20-16/h2-10,12,18H,11H2,1H3. The van der Waals surface area contributed by atoms with Crippen LogP contribution in [0.3, 0.4) is 0 Å². The fraction of sp³-hybridized carbons (Fsp3) is 0.167. The first-order valence-electron chi connectivity index (χ1n) is 7.99. The first-order valence-corrected chi connectivity index (χ1v) is 10.4. The minimum Gasteiger partial charge on any atom is -0.613 e. The van der Waals surface area contributed by atoms with Crippen LogP contribution in [0.2, 0.25) is 0 Å². The van der Waals surface area contributed by atoms with Crippen molar-refractivity contribution >= 4 is 39.3 Å². The number of benzene rings is 1. The number of hydrogen-bond donors (Lipinski definition) is 0. The quantitative estimate of drug-likeness (QED) is 0.596. The Morgan fingerprint density at radius 3 is 2.69 bits per heavy atom. The third-order valence-corrected chi connectivity index (χ3v) is 5.66. The summed E-state index contributed by atoms with van der Waals surface area (Å²) in [4.78, 5) is 10.8. The molecule has 2 unspecified atom stereocenters. The second-order valence-corrected chi connectivity index (χ2v) is 8.16. The summed E-state index contributed by atoms with van der Waals surface area (Å²) in [5.41, 5.74) is 2.66. The topological polar surface area (TPSA) is 69.4 Å². The Bertz CT molecular complexity index is 927. The molecule has 26 heavy (non-hydrogen) atoms. The smallest absolute Gasteiger partial charge is 0.286 e. The second-order valence-electron chi connectivity index (χ2n) is 5.89. The van der Waals surface area contributed by atoms with Crippen LogP contribution in [0, 0.1) is 0 Å². The van der Waals surface area contributed by atoms with Crippen LogP contribution in [0.4, 0.5) is 5.82 Å². The van der Waals surface area contributed by atoms with Crippen LogP contribution in [0.1, 0.15) is 5.56 Å². The predicted octanol–water partition coefficient (Wildman–Crippen LogP) is 3.27. The molecule has 0 bridgehead atoms. The summed E-state index contributed by atoms with van der Waals surface area (Å²) >= 11 is 2.40. The molecule has 0 saturated heterocycles. The maximum Gasteiger partial charge on any atom is 0.286 e. The van der Waals surface area contributed by atoms with E-state index in [1.165, 1.54) is 0 Å². The molecule has 0 saturated carbocycles. The number of aliphatic imine (C=N–C) groups is 1. The lowest BCUT2D eigenvalue weighted by Crippen LogP contribution is -2.43. The predicted molar refractivity (Wildman–Crippen MR) is 108 cm³/mol. The summed E-state index contributed by atoms with van der Waals surface area (Å²) in [5.74, 6) is 0.856. The normalized spacial score (nSPS) is 17.2. The largest absolute Gasteiger partial charge is 0.613 e. The third kappa shape index (κ3) is 3.27. The molecule has 1 aliphatic heterocycles. The Kier molecular flexibility index (Phi) is 4.80. The van der Waals surface area contributed by atoms with Gasteiger partial charge in [-0.05, 0) is 44.8 Å². The molecule has 2 atom stereocenters. The van der Waals surface area contributed by atoms with E-state index in [0.29, 0.717) is 6.54 Å². The molecule has 6 nitrogen and oxygen atoms in total. The molecule has 0 aliphatic carbocycles. The molecule has 0 radical (unpaired) electrons. The molecule has 0 fully saturated rings. The molecule has 132 valence electrons. The zero-order valence-corrected chi connectivity index (χ0v) is 16.4. The lowest BCUT2D eigenvalue weighted by atomic mass is 10.1. The van der Waals surface area contributed by atoms with Gasteiger partial charge in [0.2, 0.25) is 0 Å². The number of hydrogen-bond acceptors (Lipinski definition) is 5. The van der Waals surface area contributed by atoms with E-state index in [1.54, 1.807) is 29.7 Å². The van der Waals surface area contributed by atoms with Crippen molar-refractivity contribution in [3.63, 3.8) is 0 Å². The second kappa shape index (κ2) is 7.22. The van der Waals surface area contributed by atoms with Crippen LogP contribution >= 0.6 is 15.9 Å². The van der Waals surface area contributed by atoms with Gasteiger partial charge in [0.25, 0.3) is 5.50 Å². The van der Waals surface area contributed by atoms with E-state index in [9.17, 15) is 4.55 Å². The first-order chi connectivity index (χ1) is 12.6. The van der Waals surface area contributed by atoms with Crippen molar-refractivity contribution in [2.75, 3.05) is 11.2 Å². The molecule has 3 aromatic rings. The first kappa shape index (κ1) is 17.3. The highest BCUT2D eigenvalue weighted by molar-refractivity contribution is 9.10. The number of aromatic nitrogens is 3. The van der Waals surface area contributed by atoms with E-state index in [1.807, 2.05) is 23.1 Å². The molecule has 1 aromatic carbocycles. The van der Waals surface area contributed by atoms with Gasteiger partial charge in [0.05, 0.1) is 29.2 Å². The van der Waals surface area contributed by atoms with Crippen LogP contribution in [0.5, 0.6) is 0 Å². The van der Waals surface area contributed by atoms with Gasteiger partial charge >= 0.3 is 0 Å². The Balaban J connectivity index is 1.62. The number of pyridine rings is 1. The molecule has 0 amide bonds. The van der Waals surface area contributed by atoms with E-state index < -0.39 is 16.7 Å². The van der Waals surface area contributed by atoms with Gasteiger partial charge in [0.15, 0.2) is 5.82 Å². The minimum absolute atomic E-state index is 0.439. The molecule has 8 heteroatoms. The fourth-order valence-electron chi connectivity index (χ4n) is 2.92. The van der Waals surface area contributed by atoms with Gasteiger partial charge in [-0.15, -0.1) is 0 Å². The average molecular weight is 430 g/mol. The Labute approximate surface area is 162 Å². The van der Waals surface area contributed by atoms with Gasteiger partial charge in [-0.2, -0.15) is 10.1 Å². The van der Waals surface area contributed by atoms with Crippen LogP contribution < -0.4 is 4.90 Å². The summed E-state index contributed by atoms with van der Waals surface area (Å²) in [6.07, 6.45) is 6.79. The SMILES string of the molecule is C[S+]([O-])C1N=Cn2ncc(Br)c2N1Cc1ccc(-c2ccccn2)cc1. The number of anilines is 1. The lowest BCUT2D eigenvalue weighted by Gasteiger charge is -2.32. The van der Waals surface area contributed by atoms with E-state index in [2.05, 4.69) is 55.3 Å². The summed E-state index contributed by atoms with van der Waals surface area (Å²) in [7, 11) is 0. The number of halogens is 1. The zero-order chi connectivity index (χ0) is 18.1. The van der Waals surface area contributed by atoms with Crippen molar-refractivity contribution in [1.29, 1.82) is 0 Å². The lowest BCUT2D eigenvalue weighted by molar-refractivity contribution is 0.572. The van der Waals surface area contributed by atoms with E-state index in [0.717, 1.165) is 27.1 Å². The molecule has 0 spiro atoms. The van der Waals surface area contributed by atoms with Gasteiger partial charge < -0.3 is 4.55 Å².